The summed E-state index contributed by atoms with van der Waals surface area (Å²) < 4.78 is 6.94. The maximum atomic E-state index is 12.2. The summed E-state index contributed by atoms with van der Waals surface area (Å²) in [5, 5.41) is 15.3. The quantitative estimate of drug-likeness (QED) is 0.613. The van der Waals surface area contributed by atoms with Crippen LogP contribution in [0.25, 0.3) is 0 Å². The molecule has 0 aliphatic heterocycles. The zero-order valence-electron chi connectivity index (χ0n) is 14.2. The van der Waals surface area contributed by atoms with Crippen LogP contribution in [0.2, 0.25) is 0 Å². The number of benzene rings is 1. The third kappa shape index (κ3) is 3.80. The molecule has 1 aliphatic rings. The maximum absolute atomic E-state index is 12.2. The van der Waals surface area contributed by atoms with Gasteiger partial charge in [-0.2, -0.15) is 0 Å². The smallest absolute Gasteiger partial charge is 0.230 e. The van der Waals surface area contributed by atoms with Gasteiger partial charge in [0.1, 0.15) is 12.3 Å². The number of tetrazole rings is 1. The van der Waals surface area contributed by atoms with Crippen LogP contribution in [0.3, 0.4) is 0 Å². The Morgan fingerprint density at radius 1 is 1.23 bits per heavy atom. The normalized spacial score (nSPS) is 14.9. The Morgan fingerprint density at radius 2 is 2.08 bits per heavy atom. The number of nitrogens with zero attached hydrogens (tertiary/aromatic N) is 4. The molecule has 0 bridgehead atoms. The largest absolute Gasteiger partial charge is 0.467 e. The molecule has 7 nitrogen and oxygen atoms in total. The number of aromatic nitrogens is 4. The van der Waals surface area contributed by atoms with E-state index in [-0.39, 0.29) is 17.1 Å². The van der Waals surface area contributed by atoms with Crippen LogP contribution in [0.4, 0.5) is 0 Å². The first-order valence-corrected chi connectivity index (χ1v) is 9.47. The Morgan fingerprint density at radius 3 is 2.81 bits per heavy atom. The van der Waals surface area contributed by atoms with E-state index < -0.39 is 0 Å². The van der Waals surface area contributed by atoms with E-state index in [0.29, 0.717) is 18.2 Å². The number of hydrogen-bond donors (Lipinski definition) is 1. The van der Waals surface area contributed by atoms with E-state index in [4.69, 9.17) is 4.42 Å². The summed E-state index contributed by atoms with van der Waals surface area (Å²) >= 11 is 1.32. The number of hydrogen-bond acceptors (Lipinski definition) is 6. The molecule has 3 aromatic rings. The van der Waals surface area contributed by atoms with Gasteiger partial charge in [0.05, 0.1) is 12.0 Å². The van der Waals surface area contributed by atoms with Crippen molar-refractivity contribution < 1.29 is 9.21 Å². The van der Waals surface area contributed by atoms with Crippen molar-refractivity contribution in [1.82, 2.24) is 25.5 Å². The van der Waals surface area contributed by atoms with Crippen LogP contribution in [-0.4, -0.2) is 38.4 Å². The van der Waals surface area contributed by atoms with Gasteiger partial charge in [0.15, 0.2) is 0 Å². The van der Waals surface area contributed by atoms with Crippen LogP contribution in [-0.2, 0) is 16.8 Å². The highest BCUT2D eigenvalue weighted by atomic mass is 32.2. The Hall–Kier alpha value is -2.61. The van der Waals surface area contributed by atoms with Gasteiger partial charge in [0.25, 0.3) is 0 Å². The van der Waals surface area contributed by atoms with Gasteiger partial charge in [0, 0.05) is 12.0 Å². The Kier molecular flexibility index (Phi) is 4.75. The number of nitrogens with one attached hydrogen (secondary N) is 1. The molecule has 0 atom stereocenters. The second-order valence-corrected chi connectivity index (χ2v) is 7.35. The molecule has 1 aromatic carbocycles. The van der Waals surface area contributed by atoms with Crippen molar-refractivity contribution in [3.05, 3.63) is 60.1 Å². The van der Waals surface area contributed by atoms with Crippen molar-refractivity contribution in [1.29, 1.82) is 0 Å². The monoisotopic (exact) mass is 369 g/mol. The summed E-state index contributed by atoms with van der Waals surface area (Å²) in [5.74, 6) is 1.04. The lowest BCUT2D eigenvalue weighted by molar-refractivity contribution is -0.118. The third-order valence-corrected chi connectivity index (χ3v) is 5.54. The van der Waals surface area contributed by atoms with Crippen LogP contribution in [0, 0.1) is 0 Å². The fourth-order valence-corrected chi connectivity index (χ4v) is 3.61. The second-order valence-electron chi connectivity index (χ2n) is 6.41. The zero-order chi connectivity index (χ0) is 17.8. The van der Waals surface area contributed by atoms with Gasteiger partial charge in [-0.05, 0) is 41.0 Å². The van der Waals surface area contributed by atoms with Crippen molar-refractivity contribution in [2.45, 2.75) is 30.0 Å². The molecule has 26 heavy (non-hydrogen) atoms. The number of furan rings is 1. The lowest BCUT2D eigenvalue weighted by Gasteiger charge is -2.16. The highest BCUT2D eigenvalue weighted by molar-refractivity contribution is 7.99. The van der Waals surface area contributed by atoms with E-state index in [1.54, 1.807) is 10.9 Å². The summed E-state index contributed by atoms with van der Waals surface area (Å²) in [6, 6.07) is 14.1. The molecule has 0 unspecified atom stereocenters. The standard InChI is InChI=1S/C18H19N5O2S/c24-16(19-13-18(8-9-18)14-5-2-1-3-6-14)12-26-17-20-21-22-23(17)11-15-7-4-10-25-15/h1-7,10H,8-9,11-13H2,(H,19,24). The Bertz CT molecular complexity index is 859. The fourth-order valence-electron chi connectivity index (χ4n) is 2.91. The van der Waals surface area contributed by atoms with Gasteiger partial charge < -0.3 is 9.73 Å². The van der Waals surface area contributed by atoms with Gasteiger partial charge in [-0.1, -0.05) is 42.1 Å². The molecule has 134 valence electrons. The van der Waals surface area contributed by atoms with Crippen LogP contribution >= 0.6 is 11.8 Å². The zero-order valence-corrected chi connectivity index (χ0v) is 15.0. The lowest BCUT2D eigenvalue weighted by atomic mass is 9.96. The van der Waals surface area contributed by atoms with Crippen LogP contribution in [0.5, 0.6) is 0 Å². The van der Waals surface area contributed by atoms with E-state index in [9.17, 15) is 4.79 Å². The minimum atomic E-state index is -0.00949. The molecule has 1 N–H and O–H groups in total. The Balaban J connectivity index is 1.28. The molecule has 0 saturated heterocycles. The van der Waals surface area contributed by atoms with E-state index >= 15 is 0 Å². The van der Waals surface area contributed by atoms with Crippen molar-refractivity contribution in [2.24, 2.45) is 0 Å². The first-order chi connectivity index (χ1) is 12.8. The summed E-state index contributed by atoms with van der Waals surface area (Å²) in [5.41, 5.74) is 1.41. The number of carbonyl (C=O) groups excluding carboxylic acids is 1. The number of rotatable bonds is 8. The first-order valence-electron chi connectivity index (χ1n) is 8.49. The molecule has 2 aromatic heterocycles. The first kappa shape index (κ1) is 16.8. The molecule has 8 heteroatoms. The van der Waals surface area contributed by atoms with Crippen LogP contribution < -0.4 is 5.32 Å². The Labute approximate surface area is 155 Å². The molecule has 4 rings (SSSR count). The molecule has 1 saturated carbocycles. The summed E-state index contributed by atoms with van der Waals surface area (Å²) in [6.07, 6.45) is 3.85. The average Bonchev–Trinajstić information content (AvgIpc) is 3.06. The van der Waals surface area contributed by atoms with E-state index in [1.165, 1.54) is 17.3 Å². The highest BCUT2D eigenvalue weighted by Crippen LogP contribution is 2.47. The van der Waals surface area contributed by atoms with Gasteiger partial charge in [0.2, 0.25) is 11.1 Å². The minimum Gasteiger partial charge on any atom is -0.467 e. The summed E-state index contributed by atoms with van der Waals surface area (Å²) in [7, 11) is 0. The molecular weight excluding hydrogens is 350 g/mol. The minimum absolute atomic E-state index is 0.00949. The predicted octanol–water partition coefficient (Wildman–Crippen LogP) is 2.25. The molecule has 1 amide bonds. The van der Waals surface area contributed by atoms with Crippen LogP contribution in [0.1, 0.15) is 24.2 Å². The maximum Gasteiger partial charge on any atom is 0.230 e. The molecule has 1 fully saturated rings. The van der Waals surface area contributed by atoms with Gasteiger partial charge >= 0.3 is 0 Å². The highest BCUT2D eigenvalue weighted by Gasteiger charge is 2.44. The van der Waals surface area contributed by atoms with Crippen LogP contribution in [0.15, 0.2) is 58.3 Å². The molecule has 0 radical (unpaired) electrons. The van der Waals surface area contributed by atoms with Crippen molar-refractivity contribution >= 4 is 17.7 Å². The van der Waals surface area contributed by atoms with Crippen molar-refractivity contribution in [2.75, 3.05) is 12.3 Å². The molecule has 1 aliphatic carbocycles. The molecule has 2 heterocycles. The SMILES string of the molecule is O=C(CSc1nnnn1Cc1ccco1)NCC1(c2ccccc2)CC1. The van der Waals surface area contributed by atoms with Gasteiger partial charge in [-0.3, -0.25) is 4.79 Å². The summed E-state index contributed by atoms with van der Waals surface area (Å²) in [6.45, 7) is 1.12. The summed E-state index contributed by atoms with van der Waals surface area (Å²) in [4.78, 5) is 12.2. The van der Waals surface area contributed by atoms with Gasteiger partial charge in [-0.15, -0.1) is 5.10 Å². The topological polar surface area (TPSA) is 85.8 Å². The lowest BCUT2D eigenvalue weighted by Crippen LogP contribution is -2.33. The van der Waals surface area contributed by atoms with Crippen molar-refractivity contribution in [3.8, 4) is 0 Å². The van der Waals surface area contributed by atoms with E-state index in [0.717, 1.165) is 18.6 Å². The van der Waals surface area contributed by atoms with E-state index in [2.05, 4.69) is 33.0 Å². The molecule has 0 spiro atoms. The van der Waals surface area contributed by atoms with E-state index in [1.807, 2.05) is 30.3 Å². The third-order valence-electron chi connectivity index (χ3n) is 4.58. The number of carbonyl (C=O) groups is 1. The second kappa shape index (κ2) is 7.33. The predicted molar refractivity (Wildman–Crippen MR) is 96.7 cm³/mol. The number of amides is 1. The van der Waals surface area contributed by atoms with Gasteiger partial charge in [-0.25, -0.2) is 4.68 Å². The molecular formula is C18H19N5O2S. The fraction of sp³-hybridized carbons (Fsp3) is 0.333. The number of thioether (sulfide) groups is 1. The average molecular weight is 369 g/mol. The van der Waals surface area contributed by atoms with Crippen molar-refractivity contribution in [3.63, 3.8) is 0 Å².